The fraction of sp³-hybridized carbons (Fsp3) is 0.591. The van der Waals surface area contributed by atoms with Gasteiger partial charge in [0.1, 0.15) is 12.2 Å². The van der Waals surface area contributed by atoms with Crippen LogP contribution >= 0.6 is 0 Å². The first-order chi connectivity index (χ1) is 14.7. The summed E-state index contributed by atoms with van der Waals surface area (Å²) in [5, 5.41) is 3.49. The van der Waals surface area contributed by atoms with Crippen LogP contribution in [0.25, 0.3) is 10.4 Å². The lowest BCUT2D eigenvalue weighted by Gasteiger charge is -2.26. The predicted octanol–water partition coefficient (Wildman–Crippen LogP) is 4.41. The first-order valence-electron chi connectivity index (χ1n) is 10.5. The van der Waals surface area contributed by atoms with Gasteiger partial charge >= 0.3 is 12.1 Å². The number of ether oxygens (including phenoxy) is 2. The van der Waals surface area contributed by atoms with E-state index in [-0.39, 0.29) is 13.0 Å². The minimum Gasteiger partial charge on any atom is -0.460 e. The summed E-state index contributed by atoms with van der Waals surface area (Å²) in [6.07, 6.45) is 1.20. The lowest BCUT2D eigenvalue weighted by molar-refractivity contribution is -0.158. The quantitative estimate of drug-likeness (QED) is 0.179. The second-order valence-corrected chi connectivity index (χ2v) is 8.57. The number of carbonyl (C=O) groups is 3. The number of cyclic esters (lactones) is 1. The molecule has 2 atom stereocenters. The number of amides is 2. The molecule has 2 amide bonds. The van der Waals surface area contributed by atoms with Crippen molar-refractivity contribution >= 4 is 18.0 Å². The highest BCUT2D eigenvalue weighted by Crippen LogP contribution is 2.25. The summed E-state index contributed by atoms with van der Waals surface area (Å²) < 4.78 is 10.5. The van der Waals surface area contributed by atoms with Crippen LogP contribution in [-0.4, -0.2) is 47.7 Å². The van der Waals surface area contributed by atoms with E-state index >= 15 is 0 Å². The van der Waals surface area contributed by atoms with E-state index in [1.807, 2.05) is 30.3 Å². The Morgan fingerprint density at radius 2 is 2.00 bits per heavy atom. The molecule has 0 radical (unpaired) electrons. The third kappa shape index (κ3) is 7.94. The first-order valence-corrected chi connectivity index (χ1v) is 10.5. The van der Waals surface area contributed by atoms with E-state index < -0.39 is 35.5 Å². The van der Waals surface area contributed by atoms with Crippen molar-refractivity contribution in [2.45, 2.75) is 64.5 Å². The zero-order chi connectivity index (χ0) is 22.9. The number of carbonyl (C=O) groups excluding carboxylic acids is 3. The molecule has 1 heterocycles. The molecule has 31 heavy (non-hydrogen) atoms. The van der Waals surface area contributed by atoms with E-state index in [2.05, 4.69) is 10.0 Å². The molecule has 0 N–H and O–H groups in total. The summed E-state index contributed by atoms with van der Waals surface area (Å²) >= 11 is 0. The van der Waals surface area contributed by atoms with Crippen molar-refractivity contribution < 1.29 is 23.9 Å². The third-order valence-electron chi connectivity index (χ3n) is 4.82. The fourth-order valence-electron chi connectivity index (χ4n) is 3.48. The van der Waals surface area contributed by atoms with Crippen LogP contribution in [0.2, 0.25) is 0 Å². The van der Waals surface area contributed by atoms with Gasteiger partial charge in [-0.25, -0.2) is 9.69 Å². The Morgan fingerprint density at radius 3 is 2.65 bits per heavy atom. The van der Waals surface area contributed by atoms with Crippen molar-refractivity contribution in [1.29, 1.82) is 0 Å². The van der Waals surface area contributed by atoms with Crippen LogP contribution < -0.4 is 0 Å². The molecular formula is C22H30N4O5. The van der Waals surface area contributed by atoms with Crippen LogP contribution in [0.3, 0.4) is 0 Å². The van der Waals surface area contributed by atoms with E-state index in [0.717, 1.165) is 10.5 Å². The minimum absolute atomic E-state index is 0.121. The highest BCUT2D eigenvalue weighted by molar-refractivity contribution is 5.96. The maximum Gasteiger partial charge on any atom is 0.416 e. The van der Waals surface area contributed by atoms with Crippen LogP contribution in [0.15, 0.2) is 35.4 Å². The van der Waals surface area contributed by atoms with Crippen LogP contribution in [-0.2, 0) is 25.5 Å². The molecule has 0 aliphatic carbocycles. The summed E-state index contributed by atoms with van der Waals surface area (Å²) in [5.74, 6) is -1.64. The molecular weight excluding hydrogens is 400 g/mol. The molecule has 9 heteroatoms. The highest BCUT2D eigenvalue weighted by atomic mass is 16.6. The highest BCUT2D eigenvalue weighted by Gasteiger charge is 2.41. The molecule has 1 saturated heterocycles. The Morgan fingerprint density at radius 1 is 1.29 bits per heavy atom. The second kappa shape index (κ2) is 11.4. The Kier molecular flexibility index (Phi) is 8.88. The van der Waals surface area contributed by atoms with Gasteiger partial charge in [-0.15, -0.1) is 0 Å². The third-order valence-corrected chi connectivity index (χ3v) is 4.82. The van der Waals surface area contributed by atoms with Crippen molar-refractivity contribution in [2.75, 3.05) is 13.2 Å². The molecule has 9 nitrogen and oxygen atoms in total. The van der Waals surface area contributed by atoms with Gasteiger partial charge in [-0.05, 0) is 51.1 Å². The van der Waals surface area contributed by atoms with Crippen LogP contribution in [0, 0.1) is 5.92 Å². The first kappa shape index (κ1) is 24.2. The van der Waals surface area contributed by atoms with E-state index in [0.29, 0.717) is 32.2 Å². The monoisotopic (exact) mass is 430 g/mol. The van der Waals surface area contributed by atoms with Crippen LogP contribution in [0.4, 0.5) is 4.79 Å². The molecule has 0 bridgehead atoms. The van der Waals surface area contributed by atoms with Gasteiger partial charge in [0.25, 0.3) is 0 Å². The summed E-state index contributed by atoms with van der Waals surface area (Å²) in [6, 6.07) is 9.13. The van der Waals surface area contributed by atoms with Crippen molar-refractivity contribution in [3.8, 4) is 0 Å². The molecule has 1 aromatic carbocycles. The van der Waals surface area contributed by atoms with E-state index in [1.165, 1.54) is 0 Å². The second-order valence-electron chi connectivity index (χ2n) is 8.57. The van der Waals surface area contributed by atoms with Crippen molar-refractivity contribution in [3.63, 3.8) is 0 Å². The number of hydrogen-bond acceptors (Lipinski definition) is 6. The van der Waals surface area contributed by atoms with Gasteiger partial charge in [-0.2, -0.15) is 0 Å². The average Bonchev–Trinajstić information content (AvgIpc) is 3.05. The van der Waals surface area contributed by atoms with Gasteiger partial charge in [-0.1, -0.05) is 41.9 Å². The van der Waals surface area contributed by atoms with Gasteiger partial charge in [0.2, 0.25) is 5.91 Å². The summed E-state index contributed by atoms with van der Waals surface area (Å²) in [7, 11) is 0. The maximum atomic E-state index is 13.3. The molecule has 1 fully saturated rings. The van der Waals surface area contributed by atoms with Crippen LogP contribution in [0.5, 0.6) is 0 Å². The standard InChI is InChI=1S/C22H30N4O5/c1-22(2,3)31-19(27)14-17(11-7-8-12-24-25-23)20(28)26-18(15-30-21(26)29)13-16-9-5-4-6-10-16/h4-6,9-10,17-18H,7-8,11-15H2,1-3H3/t17-,18+/m1/s1. The van der Waals surface area contributed by atoms with E-state index in [9.17, 15) is 14.4 Å². The van der Waals surface area contributed by atoms with Gasteiger partial charge in [-0.3, -0.25) is 9.59 Å². The zero-order valence-corrected chi connectivity index (χ0v) is 18.3. The summed E-state index contributed by atoms with van der Waals surface area (Å²) in [6.45, 7) is 5.71. The average molecular weight is 431 g/mol. The minimum atomic E-state index is -0.718. The zero-order valence-electron chi connectivity index (χ0n) is 18.3. The molecule has 1 aliphatic rings. The summed E-state index contributed by atoms with van der Waals surface area (Å²) in [4.78, 5) is 41.9. The number of unbranched alkanes of at least 4 members (excludes halogenated alkanes) is 1. The van der Waals surface area contributed by atoms with Gasteiger partial charge in [0, 0.05) is 17.4 Å². The lowest BCUT2D eigenvalue weighted by Crippen LogP contribution is -2.44. The smallest absolute Gasteiger partial charge is 0.416 e. The predicted molar refractivity (Wildman–Crippen MR) is 114 cm³/mol. The number of benzene rings is 1. The number of imide groups is 1. The van der Waals surface area contributed by atoms with Crippen LogP contribution in [0.1, 0.15) is 52.0 Å². The number of nitrogens with zero attached hydrogens (tertiary/aromatic N) is 4. The Balaban J connectivity index is 2.12. The van der Waals surface area contributed by atoms with Gasteiger partial charge in [0.05, 0.1) is 12.5 Å². The number of rotatable bonds is 10. The molecule has 0 spiro atoms. The van der Waals surface area contributed by atoms with Crippen molar-refractivity contribution in [3.05, 3.63) is 46.3 Å². The van der Waals surface area contributed by atoms with Gasteiger partial charge in [0.15, 0.2) is 0 Å². The van der Waals surface area contributed by atoms with Crippen molar-refractivity contribution in [2.24, 2.45) is 11.0 Å². The molecule has 0 saturated carbocycles. The normalized spacial score (nSPS) is 16.9. The lowest BCUT2D eigenvalue weighted by atomic mass is 9.95. The fourth-order valence-corrected chi connectivity index (χ4v) is 3.48. The summed E-state index contributed by atoms with van der Waals surface area (Å²) in [5.41, 5.74) is 8.71. The Hall–Kier alpha value is -3.06. The Labute approximate surface area is 182 Å². The molecule has 1 aliphatic heterocycles. The SMILES string of the molecule is CC(C)(C)OC(=O)C[C@@H](CCCCN=[N+]=[N-])C(=O)N1C(=O)OC[C@@H]1Cc1ccccc1. The van der Waals surface area contributed by atoms with Gasteiger partial charge < -0.3 is 9.47 Å². The van der Waals surface area contributed by atoms with E-state index in [1.54, 1.807) is 20.8 Å². The maximum absolute atomic E-state index is 13.3. The molecule has 2 rings (SSSR count). The molecule has 0 unspecified atom stereocenters. The molecule has 0 aromatic heterocycles. The van der Waals surface area contributed by atoms with Crippen molar-refractivity contribution in [1.82, 2.24) is 4.90 Å². The molecule has 1 aromatic rings. The topological polar surface area (TPSA) is 122 Å². The Bertz CT molecular complexity index is 815. The number of hydrogen-bond donors (Lipinski definition) is 0. The number of esters is 1. The van der Waals surface area contributed by atoms with E-state index in [4.69, 9.17) is 15.0 Å². The number of azide groups is 1. The molecule has 168 valence electrons. The largest absolute Gasteiger partial charge is 0.460 e.